The predicted molar refractivity (Wildman–Crippen MR) is 62.7 cm³/mol. The van der Waals surface area contributed by atoms with Crippen LogP contribution in [0.3, 0.4) is 0 Å². The zero-order valence-corrected chi connectivity index (χ0v) is 9.65. The van der Waals surface area contributed by atoms with Gasteiger partial charge >= 0.3 is 0 Å². The molecule has 0 spiro atoms. The Morgan fingerprint density at radius 2 is 2.29 bits per heavy atom. The van der Waals surface area contributed by atoms with Crippen molar-refractivity contribution in [3.8, 4) is 0 Å². The second kappa shape index (κ2) is 5.03. The van der Waals surface area contributed by atoms with Gasteiger partial charge in [0.1, 0.15) is 0 Å². The Kier molecular flexibility index (Phi) is 3.70. The highest BCUT2D eigenvalue weighted by Crippen LogP contribution is 2.18. The van der Waals surface area contributed by atoms with Crippen molar-refractivity contribution in [3.63, 3.8) is 0 Å². The molecule has 1 saturated heterocycles. The topological polar surface area (TPSA) is 27.6 Å². The molecule has 0 saturated carbocycles. The molecule has 4 heteroatoms. The molecule has 80 valence electrons. The Bertz CT molecular complexity index is 209. The highest BCUT2D eigenvalue weighted by Gasteiger charge is 2.16. The van der Waals surface area contributed by atoms with Gasteiger partial charge in [0, 0.05) is 6.54 Å². The smallest absolute Gasteiger partial charge is 0.157 e. The molecule has 0 amide bonds. The Morgan fingerprint density at radius 3 is 2.93 bits per heavy atom. The molecule has 3 nitrogen and oxygen atoms in total. The fourth-order valence-corrected chi connectivity index (χ4v) is 2.77. The van der Waals surface area contributed by atoms with Crippen molar-refractivity contribution in [1.82, 2.24) is 10.2 Å². The van der Waals surface area contributed by atoms with Crippen LogP contribution in [0.25, 0.3) is 0 Å². The minimum absolute atomic E-state index is 0.929. The van der Waals surface area contributed by atoms with Crippen LogP contribution in [0.15, 0.2) is 4.99 Å². The molecule has 0 bridgehead atoms. The number of nitrogens with zero attached hydrogens (tertiary/aromatic N) is 2. The first-order valence-electron chi connectivity index (χ1n) is 5.48. The molecule has 0 aliphatic carbocycles. The van der Waals surface area contributed by atoms with Crippen molar-refractivity contribution in [2.24, 2.45) is 10.9 Å². The molecule has 2 heterocycles. The fraction of sp³-hybridized carbons (Fsp3) is 0.900. The summed E-state index contributed by atoms with van der Waals surface area (Å²) in [7, 11) is 0. The number of amidine groups is 1. The monoisotopic (exact) mass is 213 g/mol. The Labute approximate surface area is 90.3 Å². The summed E-state index contributed by atoms with van der Waals surface area (Å²) in [6, 6.07) is 0. The van der Waals surface area contributed by atoms with Crippen molar-refractivity contribution in [3.05, 3.63) is 0 Å². The van der Waals surface area contributed by atoms with Gasteiger partial charge < -0.3 is 5.32 Å². The average Bonchev–Trinajstić information content (AvgIpc) is 2.70. The third kappa shape index (κ3) is 2.89. The molecule has 2 rings (SSSR count). The normalized spacial score (nSPS) is 24.8. The highest BCUT2D eigenvalue weighted by molar-refractivity contribution is 8.13. The first-order valence-corrected chi connectivity index (χ1v) is 6.46. The fourth-order valence-electron chi connectivity index (χ4n) is 1.82. The van der Waals surface area contributed by atoms with E-state index in [0.717, 1.165) is 30.1 Å². The SMILES string of the molecule is CC1CCN(CSC2=NCCN2)CC1. The molecule has 0 unspecified atom stereocenters. The Hall–Kier alpha value is -0.220. The summed E-state index contributed by atoms with van der Waals surface area (Å²) >= 11 is 1.86. The third-order valence-electron chi connectivity index (χ3n) is 2.90. The number of likely N-dealkylation sites (tertiary alicyclic amines) is 1. The average molecular weight is 213 g/mol. The summed E-state index contributed by atoms with van der Waals surface area (Å²) in [6.45, 7) is 6.87. The first kappa shape index (κ1) is 10.3. The van der Waals surface area contributed by atoms with E-state index in [1.165, 1.54) is 25.9 Å². The molecule has 14 heavy (non-hydrogen) atoms. The number of piperidine rings is 1. The largest absolute Gasteiger partial charge is 0.363 e. The van der Waals surface area contributed by atoms with E-state index in [1.54, 1.807) is 0 Å². The minimum Gasteiger partial charge on any atom is -0.363 e. The molecule has 0 aromatic heterocycles. The standard InChI is InChI=1S/C10H19N3S/c1-9-2-6-13(7-3-9)8-14-10-11-4-5-12-10/h9H,2-8H2,1H3,(H,11,12). The van der Waals surface area contributed by atoms with Gasteiger partial charge in [-0.1, -0.05) is 18.7 Å². The van der Waals surface area contributed by atoms with E-state index in [-0.39, 0.29) is 0 Å². The van der Waals surface area contributed by atoms with Crippen LogP contribution in [-0.2, 0) is 0 Å². The van der Waals surface area contributed by atoms with Crippen LogP contribution in [0.5, 0.6) is 0 Å². The van der Waals surface area contributed by atoms with Gasteiger partial charge in [0.15, 0.2) is 5.17 Å². The lowest BCUT2D eigenvalue weighted by atomic mass is 10.00. The number of hydrogen-bond donors (Lipinski definition) is 1. The number of aliphatic imine (C=N–C) groups is 1. The predicted octanol–water partition coefficient (Wildman–Crippen LogP) is 1.37. The molecule has 1 N–H and O–H groups in total. The maximum absolute atomic E-state index is 4.38. The van der Waals surface area contributed by atoms with Crippen molar-refractivity contribution in [1.29, 1.82) is 0 Å². The number of nitrogens with one attached hydrogen (secondary N) is 1. The van der Waals surface area contributed by atoms with E-state index < -0.39 is 0 Å². The van der Waals surface area contributed by atoms with Crippen molar-refractivity contribution < 1.29 is 0 Å². The van der Waals surface area contributed by atoms with E-state index >= 15 is 0 Å². The van der Waals surface area contributed by atoms with Gasteiger partial charge in [-0.05, 0) is 31.8 Å². The minimum atomic E-state index is 0.929. The van der Waals surface area contributed by atoms with Crippen LogP contribution in [-0.4, -0.2) is 42.1 Å². The van der Waals surface area contributed by atoms with Gasteiger partial charge in [0.25, 0.3) is 0 Å². The zero-order valence-electron chi connectivity index (χ0n) is 8.83. The maximum Gasteiger partial charge on any atom is 0.157 e. The van der Waals surface area contributed by atoms with Gasteiger partial charge in [-0.15, -0.1) is 0 Å². The summed E-state index contributed by atoms with van der Waals surface area (Å²) in [5, 5.41) is 4.43. The van der Waals surface area contributed by atoms with Crippen LogP contribution in [0.1, 0.15) is 19.8 Å². The molecule has 0 aromatic rings. The Balaban J connectivity index is 1.65. The van der Waals surface area contributed by atoms with E-state index in [2.05, 4.69) is 22.1 Å². The lowest BCUT2D eigenvalue weighted by Gasteiger charge is -2.29. The van der Waals surface area contributed by atoms with Crippen LogP contribution in [0.4, 0.5) is 0 Å². The number of thioether (sulfide) groups is 1. The molecule has 2 aliphatic rings. The molecule has 2 aliphatic heterocycles. The van der Waals surface area contributed by atoms with Crippen molar-refractivity contribution >= 4 is 16.9 Å². The molecule has 0 radical (unpaired) electrons. The van der Waals surface area contributed by atoms with E-state index in [1.807, 2.05) is 11.8 Å². The van der Waals surface area contributed by atoms with Gasteiger partial charge in [-0.25, -0.2) is 0 Å². The summed E-state index contributed by atoms with van der Waals surface area (Å²) in [6.07, 6.45) is 2.72. The summed E-state index contributed by atoms with van der Waals surface area (Å²) in [4.78, 5) is 6.91. The van der Waals surface area contributed by atoms with Gasteiger partial charge in [-0.3, -0.25) is 9.89 Å². The second-order valence-electron chi connectivity index (χ2n) is 4.19. The second-order valence-corrected chi connectivity index (χ2v) is 5.12. The highest BCUT2D eigenvalue weighted by atomic mass is 32.2. The maximum atomic E-state index is 4.38. The lowest BCUT2D eigenvalue weighted by Crippen LogP contribution is -2.33. The van der Waals surface area contributed by atoms with Gasteiger partial charge in [0.2, 0.25) is 0 Å². The van der Waals surface area contributed by atoms with Crippen LogP contribution in [0, 0.1) is 5.92 Å². The van der Waals surface area contributed by atoms with Crippen LogP contribution >= 0.6 is 11.8 Å². The van der Waals surface area contributed by atoms with E-state index in [4.69, 9.17) is 0 Å². The summed E-state index contributed by atoms with van der Waals surface area (Å²) < 4.78 is 0. The zero-order chi connectivity index (χ0) is 9.80. The van der Waals surface area contributed by atoms with Crippen molar-refractivity contribution in [2.45, 2.75) is 19.8 Å². The van der Waals surface area contributed by atoms with Gasteiger partial charge in [-0.2, -0.15) is 0 Å². The molecular formula is C10H19N3S. The molecule has 0 atom stereocenters. The quantitative estimate of drug-likeness (QED) is 0.751. The lowest BCUT2D eigenvalue weighted by molar-refractivity contribution is 0.222. The summed E-state index contributed by atoms with van der Waals surface area (Å²) in [5.41, 5.74) is 0. The number of rotatable bonds is 2. The molecular weight excluding hydrogens is 194 g/mol. The summed E-state index contributed by atoms with van der Waals surface area (Å²) in [5.74, 6) is 2.04. The Morgan fingerprint density at radius 1 is 1.50 bits per heavy atom. The number of hydrogen-bond acceptors (Lipinski definition) is 4. The molecule has 1 fully saturated rings. The molecule has 0 aromatic carbocycles. The first-order chi connectivity index (χ1) is 6.84. The third-order valence-corrected chi connectivity index (χ3v) is 3.94. The van der Waals surface area contributed by atoms with Crippen LogP contribution < -0.4 is 5.32 Å². The van der Waals surface area contributed by atoms with Gasteiger partial charge in [0.05, 0.1) is 12.4 Å². The van der Waals surface area contributed by atoms with Crippen LogP contribution in [0.2, 0.25) is 0 Å². The van der Waals surface area contributed by atoms with Crippen molar-refractivity contribution in [2.75, 3.05) is 32.1 Å². The van der Waals surface area contributed by atoms with E-state index in [0.29, 0.717) is 0 Å². The van der Waals surface area contributed by atoms with E-state index in [9.17, 15) is 0 Å².